The minimum absolute atomic E-state index is 0.177. The number of carbonyl (C=O) groups excluding carboxylic acids is 3. The lowest BCUT2D eigenvalue weighted by Crippen LogP contribution is -2.30. The zero-order valence-corrected chi connectivity index (χ0v) is 22.3. The second kappa shape index (κ2) is 12.0. The highest BCUT2D eigenvalue weighted by Crippen LogP contribution is 2.42. The number of nitriles is 1. The molecule has 1 atom stereocenters. The Bertz CT molecular complexity index is 1450. The number of rotatable bonds is 7. The number of anilines is 2. The zero-order chi connectivity index (χ0) is 27.2. The van der Waals surface area contributed by atoms with Gasteiger partial charge in [0.1, 0.15) is 16.7 Å². The Kier molecular flexibility index (Phi) is 8.52. The number of benzene rings is 3. The molecule has 0 spiro atoms. The maximum absolute atomic E-state index is 13.6. The number of thioether (sulfide) groups is 1. The van der Waals surface area contributed by atoms with Crippen molar-refractivity contribution in [3.05, 3.63) is 105 Å². The van der Waals surface area contributed by atoms with E-state index in [9.17, 15) is 19.6 Å². The number of para-hydroxylation sites is 1. The molecule has 3 aromatic rings. The van der Waals surface area contributed by atoms with Crippen LogP contribution in [0.5, 0.6) is 0 Å². The lowest BCUT2D eigenvalue weighted by molar-refractivity contribution is -0.117. The maximum atomic E-state index is 13.6. The first-order valence-corrected chi connectivity index (χ1v) is 13.1. The summed E-state index contributed by atoms with van der Waals surface area (Å²) in [5.74, 6) is -1.29. The van der Waals surface area contributed by atoms with E-state index in [-0.39, 0.29) is 23.1 Å². The molecule has 38 heavy (non-hydrogen) atoms. The van der Waals surface area contributed by atoms with Gasteiger partial charge in [0, 0.05) is 16.4 Å². The van der Waals surface area contributed by atoms with Crippen molar-refractivity contribution in [1.82, 2.24) is 0 Å². The van der Waals surface area contributed by atoms with E-state index in [0.717, 1.165) is 11.1 Å². The molecule has 4 rings (SSSR count). The number of aryl methyl sites for hydroxylation is 1. The molecule has 1 N–H and O–H groups in total. The van der Waals surface area contributed by atoms with Crippen LogP contribution in [0.4, 0.5) is 11.4 Å². The van der Waals surface area contributed by atoms with Crippen LogP contribution in [0.15, 0.2) is 83.4 Å². The van der Waals surface area contributed by atoms with Crippen LogP contribution in [0.2, 0.25) is 5.02 Å². The zero-order valence-electron chi connectivity index (χ0n) is 20.7. The second-order valence-corrected chi connectivity index (χ2v) is 10.0. The standard InChI is InChI=1S/C29H24ClN3O4S/c1-3-37-29(36)20-12-10-19(11-13-20)15-25-27(35)33(22-7-5-4-6-8-22)28(38-25)23(17-31)26(34)32-21-14-9-18(2)24(30)16-21/h4-14,16,25H,3,15H2,1-2H3,(H,32,34)/b28-23-. The van der Waals surface area contributed by atoms with Gasteiger partial charge in [-0.3, -0.25) is 14.5 Å². The first-order valence-electron chi connectivity index (χ1n) is 11.9. The number of hydrogen-bond donors (Lipinski definition) is 1. The fraction of sp³-hybridized carbons (Fsp3) is 0.172. The van der Waals surface area contributed by atoms with Gasteiger partial charge in [-0.1, -0.05) is 59.8 Å². The summed E-state index contributed by atoms with van der Waals surface area (Å²) >= 11 is 7.36. The van der Waals surface area contributed by atoms with E-state index in [0.29, 0.717) is 28.4 Å². The summed E-state index contributed by atoms with van der Waals surface area (Å²) in [6.07, 6.45) is 0.341. The summed E-state index contributed by atoms with van der Waals surface area (Å²) in [6.45, 7) is 3.87. The first-order chi connectivity index (χ1) is 18.3. The van der Waals surface area contributed by atoms with Gasteiger partial charge in [0.15, 0.2) is 0 Å². The Hall–Kier alpha value is -4.06. The highest BCUT2D eigenvalue weighted by atomic mass is 35.5. The van der Waals surface area contributed by atoms with Gasteiger partial charge < -0.3 is 10.1 Å². The lowest BCUT2D eigenvalue weighted by Gasteiger charge is -2.18. The highest BCUT2D eigenvalue weighted by molar-refractivity contribution is 8.05. The Morgan fingerprint density at radius 3 is 2.45 bits per heavy atom. The Balaban J connectivity index is 1.65. The molecule has 1 heterocycles. The molecule has 2 amide bonds. The van der Waals surface area contributed by atoms with E-state index in [4.69, 9.17) is 16.3 Å². The van der Waals surface area contributed by atoms with Crippen LogP contribution in [-0.4, -0.2) is 29.6 Å². The third-order valence-electron chi connectivity index (χ3n) is 5.84. The Morgan fingerprint density at radius 2 is 1.82 bits per heavy atom. The largest absolute Gasteiger partial charge is 0.462 e. The van der Waals surface area contributed by atoms with Crippen LogP contribution in [0, 0.1) is 18.3 Å². The number of esters is 1. The SMILES string of the molecule is CCOC(=O)c1ccc(CC2S/C(=C(/C#N)C(=O)Nc3ccc(C)c(Cl)c3)N(c3ccccc3)C2=O)cc1. The van der Waals surface area contributed by atoms with Crippen LogP contribution < -0.4 is 10.2 Å². The molecule has 1 fully saturated rings. The molecular formula is C29H24ClN3O4S. The molecule has 7 nitrogen and oxygen atoms in total. The average Bonchev–Trinajstić information content (AvgIpc) is 3.22. The van der Waals surface area contributed by atoms with Gasteiger partial charge in [-0.05, 0) is 67.8 Å². The minimum atomic E-state index is -0.636. The molecule has 1 aliphatic heterocycles. The topological polar surface area (TPSA) is 99.5 Å². The number of nitrogens with zero attached hydrogens (tertiary/aromatic N) is 2. The van der Waals surface area contributed by atoms with Crippen molar-refractivity contribution in [3.8, 4) is 6.07 Å². The van der Waals surface area contributed by atoms with Crippen LogP contribution in [0.1, 0.15) is 28.4 Å². The quantitative estimate of drug-likeness (QED) is 0.226. The number of halogens is 1. The van der Waals surface area contributed by atoms with Gasteiger partial charge in [0.05, 0.1) is 17.4 Å². The van der Waals surface area contributed by atoms with Crippen molar-refractivity contribution < 1.29 is 19.1 Å². The smallest absolute Gasteiger partial charge is 0.338 e. The number of ether oxygens (including phenoxy) is 1. The predicted octanol–water partition coefficient (Wildman–Crippen LogP) is 5.89. The van der Waals surface area contributed by atoms with Crippen molar-refractivity contribution in [2.45, 2.75) is 25.5 Å². The minimum Gasteiger partial charge on any atom is -0.462 e. The fourth-order valence-electron chi connectivity index (χ4n) is 3.87. The van der Waals surface area contributed by atoms with Gasteiger partial charge in [-0.2, -0.15) is 5.26 Å². The molecule has 0 aromatic heterocycles. The van der Waals surface area contributed by atoms with E-state index in [1.165, 1.54) is 16.7 Å². The molecule has 0 bridgehead atoms. The average molecular weight is 546 g/mol. The molecule has 1 aliphatic rings. The summed E-state index contributed by atoms with van der Waals surface area (Å²) in [5.41, 5.74) is 2.93. The molecule has 9 heteroatoms. The lowest BCUT2D eigenvalue weighted by atomic mass is 10.1. The molecule has 192 valence electrons. The van der Waals surface area contributed by atoms with E-state index < -0.39 is 17.1 Å². The van der Waals surface area contributed by atoms with Crippen molar-refractivity contribution >= 4 is 52.5 Å². The molecule has 0 aliphatic carbocycles. The third-order valence-corrected chi connectivity index (χ3v) is 7.51. The summed E-state index contributed by atoms with van der Waals surface area (Å²) in [5, 5.41) is 12.9. The van der Waals surface area contributed by atoms with E-state index in [1.54, 1.807) is 73.7 Å². The van der Waals surface area contributed by atoms with E-state index in [2.05, 4.69) is 5.32 Å². The number of amides is 2. The van der Waals surface area contributed by atoms with Gasteiger partial charge >= 0.3 is 5.97 Å². The monoisotopic (exact) mass is 545 g/mol. The van der Waals surface area contributed by atoms with Crippen LogP contribution in [0.3, 0.4) is 0 Å². The number of carbonyl (C=O) groups is 3. The van der Waals surface area contributed by atoms with Gasteiger partial charge in [-0.25, -0.2) is 4.79 Å². The number of hydrogen-bond acceptors (Lipinski definition) is 6. The van der Waals surface area contributed by atoms with Crippen LogP contribution >= 0.6 is 23.4 Å². The Labute approximate surface area is 230 Å². The summed E-state index contributed by atoms with van der Waals surface area (Å²) in [7, 11) is 0. The summed E-state index contributed by atoms with van der Waals surface area (Å²) < 4.78 is 5.03. The molecule has 0 radical (unpaired) electrons. The first kappa shape index (κ1) is 27.0. The van der Waals surface area contributed by atoms with Gasteiger partial charge in [-0.15, -0.1) is 0 Å². The maximum Gasteiger partial charge on any atom is 0.338 e. The normalized spacial score (nSPS) is 16.1. The summed E-state index contributed by atoms with van der Waals surface area (Å²) in [6, 6.07) is 22.8. The van der Waals surface area contributed by atoms with Crippen molar-refractivity contribution in [2.75, 3.05) is 16.8 Å². The van der Waals surface area contributed by atoms with Crippen molar-refractivity contribution in [3.63, 3.8) is 0 Å². The molecule has 1 unspecified atom stereocenters. The van der Waals surface area contributed by atoms with Crippen molar-refractivity contribution in [2.24, 2.45) is 0 Å². The third kappa shape index (κ3) is 5.91. The van der Waals surface area contributed by atoms with Crippen LogP contribution in [-0.2, 0) is 20.7 Å². The molecular weight excluding hydrogens is 522 g/mol. The number of nitrogens with one attached hydrogen (secondary N) is 1. The summed E-state index contributed by atoms with van der Waals surface area (Å²) in [4.78, 5) is 40.2. The molecule has 0 saturated carbocycles. The van der Waals surface area contributed by atoms with Gasteiger partial charge in [0.25, 0.3) is 5.91 Å². The van der Waals surface area contributed by atoms with Gasteiger partial charge in [0.2, 0.25) is 5.91 Å². The Morgan fingerprint density at radius 1 is 1.11 bits per heavy atom. The fourth-order valence-corrected chi connectivity index (χ4v) is 5.36. The second-order valence-electron chi connectivity index (χ2n) is 8.45. The van der Waals surface area contributed by atoms with E-state index >= 15 is 0 Å². The van der Waals surface area contributed by atoms with E-state index in [1.807, 2.05) is 19.1 Å². The molecule has 1 saturated heterocycles. The van der Waals surface area contributed by atoms with Crippen molar-refractivity contribution in [1.29, 1.82) is 5.26 Å². The molecule has 3 aromatic carbocycles. The predicted molar refractivity (Wildman–Crippen MR) is 149 cm³/mol. The highest BCUT2D eigenvalue weighted by Gasteiger charge is 2.40. The van der Waals surface area contributed by atoms with Crippen LogP contribution in [0.25, 0.3) is 0 Å².